The lowest BCUT2D eigenvalue weighted by Crippen LogP contribution is -2.56. The molecule has 2 aromatic rings. The highest BCUT2D eigenvalue weighted by Crippen LogP contribution is 2.41. The Morgan fingerprint density at radius 3 is 2.59 bits per heavy atom. The molecular weight excluding hydrogens is 612 g/mol. The minimum Gasteiger partial charge on any atom is -0.462 e. The molecule has 1 aromatic carbocycles. The van der Waals surface area contributed by atoms with E-state index in [9.17, 15) is 18.0 Å². The number of likely N-dealkylation sites (N-methyl/N-ethyl adjacent to an activating group) is 1. The fraction of sp³-hybridized carbons (Fsp3) is 0.533. The van der Waals surface area contributed by atoms with E-state index < -0.39 is 11.7 Å². The number of benzene rings is 1. The third kappa shape index (κ3) is 7.38. The predicted molar refractivity (Wildman–Crippen MR) is 174 cm³/mol. The van der Waals surface area contributed by atoms with Gasteiger partial charge in [0, 0.05) is 43.5 Å². The highest BCUT2D eigenvalue weighted by atomic mass is 32.1. The standard InChI is InChI=1S/C30H36F3N7O2.2H2S/c1-5-26(41)40-15-14-39(17-22(40)16-34-3)28-23-11-13-38(25-10-6-8-20(2)27(25)30(31,32)33)18-24(23)35-29(36-28)42-19-21-9-7-12-37(21)4;;/h5-6,8,10,21-22H,1,7,9,11-19H2,2,4H3;2*1H2/t21-,22-;;/m0../s1. The second kappa shape index (κ2) is 14.8. The Balaban J connectivity index is 0.00000264. The van der Waals surface area contributed by atoms with Crippen molar-refractivity contribution in [1.82, 2.24) is 19.8 Å². The zero-order valence-electron chi connectivity index (χ0n) is 25.0. The van der Waals surface area contributed by atoms with E-state index in [2.05, 4.69) is 28.3 Å². The summed E-state index contributed by atoms with van der Waals surface area (Å²) in [5.41, 5.74) is 1.17. The summed E-state index contributed by atoms with van der Waals surface area (Å²) < 4.78 is 48.4. The van der Waals surface area contributed by atoms with Crippen LogP contribution in [0.15, 0.2) is 30.9 Å². The zero-order chi connectivity index (χ0) is 30.0. The van der Waals surface area contributed by atoms with Gasteiger partial charge in [-0.15, -0.1) is 0 Å². The van der Waals surface area contributed by atoms with Crippen LogP contribution >= 0.6 is 27.0 Å². The van der Waals surface area contributed by atoms with Gasteiger partial charge < -0.3 is 29.2 Å². The number of rotatable bonds is 7. The van der Waals surface area contributed by atoms with E-state index in [4.69, 9.17) is 21.3 Å². The Bertz CT molecular complexity index is 1390. The molecule has 2 fully saturated rings. The van der Waals surface area contributed by atoms with E-state index in [1.165, 1.54) is 25.1 Å². The van der Waals surface area contributed by atoms with Gasteiger partial charge in [-0.1, -0.05) is 18.7 Å². The molecule has 3 aliphatic heterocycles. The van der Waals surface area contributed by atoms with Crippen LogP contribution in [0, 0.1) is 13.5 Å². The molecule has 2 saturated heterocycles. The van der Waals surface area contributed by atoms with Gasteiger partial charge >= 0.3 is 12.2 Å². The summed E-state index contributed by atoms with van der Waals surface area (Å²) in [6.07, 6.45) is -0.682. The first-order valence-electron chi connectivity index (χ1n) is 14.3. The van der Waals surface area contributed by atoms with Crippen molar-refractivity contribution in [2.24, 2.45) is 0 Å². The maximum atomic E-state index is 14.1. The number of likely N-dealkylation sites (tertiary alicyclic amines) is 1. The number of nitrogens with zero attached hydrogens (tertiary/aromatic N) is 7. The topological polar surface area (TPSA) is 69.4 Å². The average Bonchev–Trinajstić information content (AvgIpc) is 3.38. The van der Waals surface area contributed by atoms with Crippen molar-refractivity contribution in [2.45, 2.75) is 51.0 Å². The van der Waals surface area contributed by atoms with Crippen molar-refractivity contribution in [2.75, 3.05) is 62.7 Å². The van der Waals surface area contributed by atoms with Crippen molar-refractivity contribution >= 4 is 44.4 Å². The number of halogens is 3. The third-order valence-electron chi connectivity index (χ3n) is 8.52. The lowest BCUT2D eigenvalue weighted by atomic mass is 10.00. The van der Waals surface area contributed by atoms with Crippen molar-refractivity contribution in [3.63, 3.8) is 0 Å². The highest BCUT2D eigenvalue weighted by molar-refractivity contribution is 7.59. The summed E-state index contributed by atoms with van der Waals surface area (Å²) in [5.74, 6) is 0.447. The number of aromatic nitrogens is 2. The van der Waals surface area contributed by atoms with Crippen molar-refractivity contribution < 1.29 is 22.7 Å². The minimum atomic E-state index is -4.49. The Hall–Kier alpha value is -3.15. The van der Waals surface area contributed by atoms with E-state index in [1.54, 1.807) is 15.9 Å². The molecule has 0 unspecified atom stereocenters. The van der Waals surface area contributed by atoms with Gasteiger partial charge in [-0.2, -0.15) is 50.1 Å². The molecule has 0 bridgehead atoms. The van der Waals surface area contributed by atoms with Crippen LogP contribution in [-0.4, -0.2) is 90.7 Å². The molecule has 0 radical (unpaired) electrons. The van der Waals surface area contributed by atoms with Gasteiger partial charge in [-0.05, 0) is 57.5 Å². The lowest BCUT2D eigenvalue weighted by molar-refractivity contribution is -0.137. The molecule has 14 heteroatoms. The number of anilines is 2. The summed E-state index contributed by atoms with van der Waals surface area (Å²) in [5, 5.41) is 0. The fourth-order valence-electron chi connectivity index (χ4n) is 6.28. The first-order chi connectivity index (χ1) is 20.1. The highest BCUT2D eigenvalue weighted by Gasteiger charge is 2.39. The van der Waals surface area contributed by atoms with E-state index >= 15 is 0 Å². The zero-order valence-corrected chi connectivity index (χ0v) is 27.0. The van der Waals surface area contributed by atoms with Gasteiger partial charge in [0.15, 0.2) is 0 Å². The van der Waals surface area contributed by atoms with Crippen molar-refractivity contribution in [3.05, 3.63) is 64.7 Å². The monoisotopic (exact) mass is 651 g/mol. The fourth-order valence-corrected chi connectivity index (χ4v) is 6.28. The summed E-state index contributed by atoms with van der Waals surface area (Å²) in [4.78, 5) is 33.3. The molecule has 2 atom stereocenters. The summed E-state index contributed by atoms with van der Waals surface area (Å²) >= 11 is 0. The second-order valence-corrected chi connectivity index (χ2v) is 11.2. The molecule has 9 nitrogen and oxygen atoms in total. The first kappa shape index (κ1) is 35.3. The molecule has 1 aromatic heterocycles. The van der Waals surface area contributed by atoms with Crippen LogP contribution in [0.4, 0.5) is 24.7 Å². The normalized spacial score (nSPS) is 20.2. The smallest absolute Gasteiger partial charge is 0.418 e. The molecule has 3 aliphatic rings. The summed E-state index contributed by atoms with van der Waals surface area (Å²) in [6, 6.07) is 4.73. The van der Waals surface area contributed by atoms with E-state index in [-0.39, 0.29) is 75.3 Å². The number of fused-ring (bicyclic) bond motifs is 1. The Kier molecular flexibility index (Phi) is 11.8. The third-order valence-corrected chi connectivity index (χ3v) is 8.52. The van der Waals surface area contributed by atoms with Gasteiger partial charge in [-0.3, -0.25) is 4.79 Å². The quantitative estimate of drug-likeness (QED) is 0.329. The maximum Gasteiger partial charge on any atom is 0.418 e. The van der Waals surface area contributed by atoms with Crippen LogP contribution in [0.3, 0.4) is 0 Å². The number of amides is 1. The predicted octanol–water partition coefficient (Wildman–Crippen LogP) is 4.19. The largest absolute Gasteiger partial charge is 0.462 e. The van der Waals surface area contributed by atoms with Crippen molar-refractivity contribution in [3.8, 4) is 6.01 Å². The second-order valence-electron chi connectivity index (χ2n) is 11.2. The number of hydrogen-bond donors (Lipinski definition) is 0. The first-order valence-corrected chi connectivity index (χ1v) is 14.3. The molecule has 1 amide bonds. The number of carbonyl (C=O) groups is 1. The SMILES string of the molecule is S.S.[C-]#[N+]C[C@H]1CN(c2nc(OC[C@@H]3CCCN3C)nc3c2CCN(c2cccc(C)c2C(F)(F)F)C3)CCN1C(=O)C=C. The maximum absolute atomic E-state index is 14.1. The van der Waals surface area contributed by atoms with E-state index in [0.717, 1.165) is 24.9 Å². The Morgan fingerprint density at radius 2 is 1.93 bits per heavy atom. The van der Waals surface area contributed by atoms with Gasteiger partial charge in [-0.25, -0.2) is 6.57 Å². The number of carbonyl (C=O) groups excluding carboxylic acids is 1. The molecule has 0 aliphatic carbocycles. The number of hydrogen-bond acceptors (Lipinski definition) is 7. The number of piperazine rings is 1. The van der Waals surface area contributed by atoms with Crippen molar-refractivity contribution in [1.29, 1.82) is 0 Å². The molecule has 240 valence electrons. The van der Waals surface area contributed by atoms with Crippen LogP contribution in [-0.2, 0) is 23.9 Å². The van der Waals surface area contributed by atoms with Crippen LogP contribution in [0.25, 0.3) is 4.85 Å². The van der Waals surface area contributed by atoms with Crippen LogP contribution in [0.2, 0.25) is 0 Å². The van der Waals surface area contributed by atoms with Crippen LogP contribution in [0.5, 0.6) is 6.01 Å². The Labute approximate surface area is 270 Å². The summed E-state index contributed by atoms with van der Waals surface area (Å²) in [6.45, 7) is 15.9. The number of aryl methyl sites for hydroxylation is 1. The number of ether oxygens (including phenoxy) is 1. The lowest BCUT2D eigenvalue weighted by Gasteiger charge is -2.41. The van der Waals surface area contributed by atoms with Crippen LogP contribution in [0.1, 0.15) is 35.2 Å². The van der Waals surface area contributed by atoms with E-state index in [1.807, 2.05) is 0 Å². The van der Waals surface area contributed by atoms with Gasteiger partial charge in [0.2, 0.25) is 12.5 Å². The molecule has 44 heavy (non-hydrogen) atoms. The van der Waals surface area contributed by atoms with Gasteiger partial charge in [0.05, 0.1) is 17.8 Å². The average molecular weight is 652 g/mol. The Morgan fingerprint density at radius 1 is 1.16 bits per heavy atom. The van der Waals surface area contributed by atoms with E-state index in [0.29, 0.717) is 50.7 Å². The molecule has 4 heterocycles. The van der Waals surface area contributed by atoms with Gasteiger partial charge in [0.1, 0.15) is 18.5 Å². The minimum absolute atomic E-state index is 0. The molecule has 0 spiro atoms. The van der Waals surface area contributed by atoms with Gasteiger partial charge in [0.25, 0.3) is 0 Å². The molecule has 0 saturated carbocycles. The summed E-state index contributed by atoms with van der Waals surface area (Å²) in [7, 11) is 2.06. The van der Waals surface area contributed by atoms with Crippen LogP contribution < -0.4 is 14.5 Å². The molecule has 5 rings (SSSR count). The molecular formula is C30H40F3N7O2S2. The number of alkyl halides is 3. The molecule has 0 N–H and O–H groups in total.